The van der Waals surface area contributed by atoms with Crippen molar-refractivity contribution < 1.29 is 14.7 Å². The highest BCUT2D eigenvalue weighted by Gasteiger charge is 2.05. The van der Waals surface area contributed by atoms with Crippen LogP contribution in [0.2, 0.25) is 0 Å². The van der Waals surface area contributed by atoms with E-state index in [2.05, 4.69) is 5.10 Å². The van der Waals surface area contributed by atoms with Gasteiger partial charge in [-0.25, -0.2) is 4.79 Å². The lowest BCUT2D eigenvalue weighted by atomic mass is 10.4. The molecular formula is C6H7N3O3. The third-order valence-electron chi connectivity index (χ3n) is 1.27. The third kappa shape index (κ3) is 1.60. The highest BCUT2D eigenvalue weighted by molar-refractivity contribution is 5.83. The summed E-state index contributed by atoms with van der Waals surface area (Å²) in [5.74, 6) is 0.145. The van der Waals surface area contributed by atoms with Crippen molar-refractivity contribution in [1.82, 2.24) is 9.78 Å². The molecule has 2 N–H and O–H groups in total. The summed E-state index contributed by atoms with van der Waals surface area (Å²) < 4.78 is 1.29. The van der Waals surface area contributed by atoms with Crippen molar-refractivity contribution in [3.05, 3.63) is 11.8 Å². The number of carbonyl (C=O) groups is 2. The first-order valence-corrected chi connectivity index (χ1v) is 3.12. The predicted molar refractivity (Wildman–Crippen MR) is 40.2 cm³/mol. The number of carboxylic acid groups (broad SMARTS) is 1. The summed E-state index contributed by atoms with van der Waals surface area (Å²) >= 11 is 0. The number of hydrogen-bond donors (Lipinski definition) is 2. The Morgan fingerprint density at radius 3 is 2.92 bits per heavy atom. The zero-order valence-electron chi connectivity index (χ0n) is 6.31. The third-order valence-corrected chi connectivity index (χ3v) is 1.27. The Bertz CT molecular complexity index is 318. The maximum Gasteiger partial charge on any atom is 0.410 e. The van der Waals surface area contributed by atoms with Crippen LogP contribution in [0, 0.1) is 0 Å². The van der Waals surface area contributed by atoms with Crippen LogP contribution in [0.5, 0.6) is 0 Å². The summed E-state index contributed by atoms with van der Waals surface area (Å²) in [7, 11) is 1.55. The van der Waals surface area contributed by atoms with E-state index in [1.54, 1.807) is 7.05 Å². The van der Waals surface area contributed by atoms with E-state index in [9.17, 15) is 9.59 Å². The molecule has 0 saturated heterocycles. The van der Waals surface area contributed by atoms with Crippen LogP contribution >= 0.6 is 0 Å². The van der Waals surface area contributed by atoms with Gasteiger partial charge >= 0.3 is 6.09 Å². The Morgan fingerprint density at radius 1 is 1.83 bits per heavy atom. The first kappa shape index (κ1) is 8.25. The van der Waals surface area contributed by atoms with Gasteiger partial charge in [-0.15, -0.1) is 0 Å². The second-order valence-corrected chi connectivity index (χ2v) is 2.13. The van der Waals surface area contributed by atoms with Gasteiger partial charge < -0.3 is 5.11 Å². The zero-order valence-corrected chi connectivity index (χ0v) is 6.31. The minimum Gasteiger partial charge on any atom is -0.465 e. The van der Waals surface area contributed by atoms with Gasteiger partial charge in [-0.2, -0.15) is 5.10 Å². The molecule has 0 aliphatic heterocycles. The van der Waals surface area contributed by atoms with Crippen LogP contribution in [0.25, 0.3) is 0 Å². The number of carbonyl (C=O) groups excluding carboxylic acids is 1. The Balaban J connectivity index is 2.89. The number of anilines is 1. The van der Waals surface area contributed by atoms with E-state index in [-0.39, 0.29) is 5.82 Å². The molecule has 1 rings (SSSR count). The number of nitrogens with one attached hydrogen (secondary N) is 1. The lowest BCUT2D eigenvalue weighted by Gasteiger charge is -1.91. The molecule has 6 heteroatoms. The van der Waals surface area contributed by atoms with Gasteiger partial charge in [0.15, 0.2) is 12.1 Å². The molecule has 0 spiro atoms. The van der Waals surface area contributed by atoms with E-state index in [0.717, 1.165) is 0 Å². The van der Waals surface area contributed by atoms with Gasteiger partial charge in [-0.3, -0.25) is 14.8 Å². The maximum atomic E-state index is 10.3. The summed E-state index contributed by atoms with van der Waals surface area (Å²) in [6, 6.07) is 1.35. The van der Waals surface area contributed by atoms with Crippen molar-refractivity contribution in [2.24, 2.45) is 7.05 Å². The number of aryl methyl sites for hydroxylation is 1. The molecule has 0 unspecified atom stereocenters. The molecule has 1 aromatic heterocycles. The standard InChI is InChI=1S/C6H7N3O3/c1-9-4(3-10)2-5(8-9)7-6(11)12/h2-3H,1H3,(H,7,8)(H,11,12). The quantitative estimate of drug-likeness (QED) is 0.624. The highest BCUT2D eigenvalue weighted by Crippen LogP contribution is 2.05. The Morgan fingerprint density at radius 2 is 2.50 bits per heavy atom. The largest absolute Gasteiger partial charge is 0.465 e. The van der Waals surface area contributed by atoms with Crippen molar-refractivity contribution in [3.63, 3.8) is 0 Å². The molecule has 1 aromatic rings. The average Bonchev–Trinajstić information content (AvgIpc) is 2.29. The molecule has 6 nitrogen and oxygen atoms in total. The Kier molecular flexibility index (Phi) is 2.09. The topological polar surface area (TPSA) is 84.2 Å². The number of hydrogen-bond acceptors (Lipinski definition) is 3. The normalized spacial score (nSPS) is 9.42. The molecule has 0 fully saturated rings. The van der Waals surface area contributed by atoms with Gasteiger partial charge in [0.05, 0.1) is 0 Å². The number of aromatic nitrogens is 2. The Hall–Kier alpha value is -1.85. The van der Waals surface area contributed by atoms with Crippen LogP contribution in [0.3, 0.4) is 0 Å². The fourth-order valence-corrected chi connectivity index (χ4v) is 0.763. The van der Waals surface area contributed by atoms with Crippen LogP contribution in [-0.2, 0) is 7.05 Å². The molecular weight excluding hydrogens is 162 g/mol. The van der Waals surface area contributed by atoms with Crippen LogP contribution in [-0.4, -0.2) is 27.3 Å². The molecule has 12 heavy (non-hydrogen) atoms. The summed E-state index contributed by atoms with van der Waals surface area (Å²) in [6.45, 7) is 0. The predicted octanol–water partition coefficient (Wildman–Crippen LogP) is 0.322. The molecule has 0 aromatic carbocycles. The van der Waals surface area contributed by atoms with Crippen LogP contribution in [0.4, 0.5) is 10.6 Å². The molecule has 1 amide bonds. The fraction of sp³-hybridized carbons (Fsp3) is 0.167. The van der Waals surface area contributed by atoms with Crippen LogP contribution in [0.15, 0.2) is 6.07 Å². The smallest absolute Gasteiger partial charge is 0.410 e. The lowest BCUT2D eigenvalue weighted by molar-refractivity contribution is 0.111. The summed E-state index contributed by atoms with van der Waals surface area (Å²) in [5, 5.41) is 14.0. The number of nitrogens with zero attached hydrogens (tertiary/aromatic N) is 2. The van der Waals surface area contributed by atoms with Gasteiger partial charge in [0, 0.05) is 13.1 Å². The number of rotatable bonds is 2. The maximum absolute atomic E-state index is 10.3. The van der Waals surface area contributed by atoms with E-state index >= 15 is 0 Å². The number of aldehydes is 1. The molecule has 0 aliphatic rings. The minimum absolute atomic E-state index is 0.145. The summed E-state index contributed by atoms with van der Waals surface area (Å²) in [5.41, 5.74) is 0.318. The molecule has 0 radical (unpaired) electrons. The highest BCUT2D eigenvalue weighted by atomic mass is 16.4. The molecule has 64 valence electrons. The van der Waals surface area contributed by atoms with Crippen LogP contribution in [0.1, 0.15) is 10.5 Å². The zero-order chi connectivity index (χ0) is 9.14. The van der Waals surface area contributed by atoms with E-state index in [4.69, 9.17) is 5.11 Å². The minimum atomic E-state index is -1.20. The molecule has 0 atom stereocenters. The summed E-state index contributed by atoms with van der Waals surface area (Å²) in [4.78, 5) is 20.4. The van der Waals surface area contributed by atoms with Gasteiger partial charge in [0.2, 0.25) is 0 Å². The molecule has 1 heterocycles. The van der Waals surface area contributed by atoms with Gasteiger partial charge in [-0.1, -0.05) is 0 Å². The van der Waals surface area contributed by atoms with Crippen molar-refractivity contribution in [3.8, 4) is 0 Å². The van der Waals surface area contributed by atoms with Gasteiger partial charge in [0.1, 0.15) is 5.69 Å². The number of amides is 1. The first-order chi connectivity index (χ1) is 5.63. The first-order valence-electron chi connectivity index (χ1n) is 3.12. The van der Waals surface area contributed by atoms with Gasteiger partial charge in [0.25, 0.3) is 0 Å². The molecule has 0 aliphatic carbocycles. The fourth-order valence-electron chi connectivity index (χ4n) is 0.763. The van der Waals surface area contributed by atoms with Crippen molar-refractivity contribution in [2.45, 2.75) is 0 Å². The van der Waals surface area contributed by atoms with Crippen molar-refractivity contribution in [1.29, 1.82) is 0 Å². The molecule has 0 saturated carbocycles. The summed E-state index contributed by atoms with van der Waals surface area (Å²) in [6.07, 6.45) is -0.606. The van der Waals surface area contributed by atoms with E-state index in [1.165, 1.54) is 10.7 Å². The molecule has 0 bridgehead atoms. The monoisotopic (exact) mass is 169 g/mol. The van der Waals surface area contributed by atoms with E-state index in [1.807, 2.05) is 5.32 Å². The van der Waals surface area contributed by atoms with Gasteiger partial charge in [-0.05, 0) is 0 Å². The van der Waals surface area contributed by atoms with Crippen molar-refractivity contribution in [2.75, 3.05) is 5.32 Å². The van der Waals surface area contributed by atoms with Crippen molar-refractivity contribution >= 4 is 18.2 Å². The Labute approximate surface area is 67.8 Å². The SMILES string of the molecule is Cn1nc(NC(=O)O)cc1C=O. The second kappa shape index (κ2) is 3.04. The van der Waals surface area contributed by atoms with Crippen LogP contribution < -0.4 is 5.32 Å². The second-order valence-electron chi connectivity index (χ2n) is 2.13. The van der Waals surface area contributed by atoms with E-state index < -0.39 is 6.09 Å². The average molecular weight is 169 g/mol. The van der Waals surface area contributed by atoms with E-state index in [0.29, 0.717) is 12.0 Å². The lowest BCUT2D eigenvalue weighted by Crippen LogP contribution is -2.07.